The van der Waals surface area contributed by atoms with Crippen molar-refractivity contribution in [3.05, 3.63) is 56.5 Å². The predicted octanol–water partition coefficient (Wildman–Crippen LogP) is 3.41. The second-order valence-electron chi connectivity index (χ2n) is 5.89. The zero-order chi connectivity index (χ0) is 17.3. The van der Waals surface area contributed by atoms with Crippen LogP contribution in [-0.4, -0.2) is 17.6 Å². The zero-order valence-corrected chi connectivity index (χ0v) is 14.4. The van der Waals surface area contributed by atoms with Gasteiger partial charge in [0.15, 0.2) is 0 Å². The molecule has 2 aromatic rings. The maximum atomic E-state index is 12.9. The first-order valence-electron chi connectivity index (χ1n) is 7.89. The van der Waals surface area contributed by atoms with Crippen LogP contribution in [0, 0.1) is 6.92 Å². The van der Waals surface area contributed by atoms with Gasteiger partial charge in [-0.25, -0.2) is 0 Å². The second-order valence-corrected chi connectivity index (χ2v) is 6.33. The minimum Gasteiger partial charge on any atom is -0.496 e. The number of aryl methyl sites for hydroxylation is 1. The van der Waals surface area contributed by atoms with E-state index in [0.717, 1.165) is 24.1 Å². The number of hydrogen-bond acceptors (Lipinski definition) is 3. The molecule has 1 aliphatic heterocycles. The van der Waals surface area contributed by atoms with E-state index in [2.05, 4.69) is 5.32 Å². The van der Waals surface area contributed by atoms with Crippen LogP contribution in [-0.2, 0) is 13.0 Å². The Morgan fingerprint density at radius 1 is 1.29 bits per heavy atom. The molecule has 1 N–H and O–H groups in total. The molecule has 0 saturated carbocycles. The van der Waals surface area contributed by atoms with Gasteiger partial charge in [0.25, 0.3) is 11.5 Å². The fourth-order valence-electron chi connectivity index (χ4n) is 3.06. The highest BCUT2D eigenvalue weighted by Crippen LogP contribution is 2.27. The fourth-order valence-corrected chi connectivity index (χ4v) is 3.23. The summed E-state index contributed by atoms with van der Waals surface area (Å²) in [4.78, 5) is 25.1. The standard InChI is InChI=1S/C18H19ClN2O3/c1-11-6-7-12(19)9-13(11)20-18(23)17-14-5-3-4-8-21(14)16(22)10-15(17)24-2/h6-7,9-10H,3-5,8H2,1-2H3,(H,20,23). The maximum absolute atomic E-state index is 12.9. The highest BCUT2D eigenvalue weighted by Gasteiger charge is 2.24. The summed E-state index contributed by atoms with van der Waals surface area (Å²) >= 11 is 6.02. The molecule has 1 amide bonds. The van der Waals surface area contributed by atoms with Crippen LogP contribution in [0.1, 0.15) is 34.5 Å². The summed E-state index contributed by atoms with van der Waals surface area (Å²) in [6.07, 6.45) is 2.57. The molecule has 0 bridgehead atoms. The third-order valence-electron chi connectivity index (χ3n) is 4.32. The van der Waals surface area contributed by atoms with Crippen LogP contribution in [0.15, 0.2) is 29.1 Å². The van der Waals surface area contributed by atoms with Gasteiger partial charge in [-0.2, -0.15) is 0 Å². The number of nitrogens with one attached hydrogen (secondary N) is 1. The van der Waals surface area contributed by atoms with Gasteiger partial charge in [0.05, 0.1) is 7.11 Å². The normalized spacial score (nSPS) is 13.3. The van der Waals surface area contributed by atoms with Crippen molar-refractivity contribution in [2.75, 3.05) is 12.4 Å². The van der Waals surface area contributed by atoms with Gasteiger partial charge >= 0.3 is 0 Å². The number of amides is 1. The molecule has 1 aromatic carbocycles. The zero-order valence-electron chi connectivity index (χ0n) is 13.7. The van der Waals surface area contributed by atoms with E-state index in [0.29, 0.717) is 35.0 Å². The number of carbonyl (C=O) groups is 1. The Morgan fingerprint density at radius 2 is 2.08 bits per heavy atom. The summed E-state index contributed by atoms with van der Waals surface area (Å²) in [5, 5.41) is 3.44. The van der Waals surface area contributed by atoms with Crippen molar-refractivity contribution in [2.24, 2.45) is 0 Å². The highest BCUT2D eigenvalue weighted by atomic mass is 35.5. The molecule has 0 saturated heterocycles. The minimum absolute atomic E-state index is 0.128. The van der Waals surface area contributed by atoms with Gasteiger partial charge in [-0.3, -0.25) is 9.59 Å². The molecule has 3 rings (SSSR count). The third kappa shape index (κ3) is 3.04. The van der Waals surface area contributed by atoms with E-state index in [9.17, 15) is 9.59 Å². The number of hydrogen-bond donors (Lipinski definition) is 1. The van der Waals surface area contributed by atoms with Gasteiger partial charge in [0.2, 0.25) is 0 Å². The van der Waals surface area contributed by atoms with E-state index >= 15 is 0 Å². The van der Waals surface area contributed by atoms with Gasteiger partial charge in [-0.1, -0.05) is 17.7 Å². The number of anilines is 1. The Morgan fingerprint density at radius 3 is 2.83 bits per heavy atom. The van der Waals surface area contributed by atoms with E-state index < -0.39 is 0 Å². The Labute approximate surface area is 145 Å². The molecular weight excluding hydrogens is 328 g/mol. The number of halogens is 1. The first kappa shape index (κ1) is 16.6. The fraction of sp³-hybridized carbons (Fsp3) is 0.333. The number of ether oxygens (including phenoxy) is 1. The van der Waals surface area contributed by atoms with Gasteiger partial charge in [-0.05, 0) is 43.9 Å². The van der Waals surface area contributed by atoms with Crippen molar-refractivity contribution >= 4 is 23.2 Å². The Kier molecular flexibility index (Phi) is 4.62. The summed E-state index contributed by atoms with van der Waals surface area (Å²) in [6, 6.07) is 6.72. The number of aromatic nitrogens is 1. The van der Waals surface area contributed by atoms with Crippen LogP contribution in [0.4, 0.5) is 5.69 Å². The maximum Gasteiger partial charge on any atom is 0.261 e. The lowest BCUT2D eigenvalue weighted by Crippen LogP contribution is -2.30. The molecular formula is C18H19ClN2O3. The van der Waals surface area contributed by atoms with Crippen LogP contribution in [0.25, 0.3) is 0 Å². The molecule has 0 aliphatic carbocycles. The molecule has 0 radical (unpaired) electrons. The average molecular weight is 347 g/mol. The summed E-state index contributed by atoms with van der Waals surface area (Å²) in [5.41, 5.74) is 2.60. The number of methoxy groups -OCH3 is 1. The van der Waals surface area contributed by atoms with Crippen molar-refractivity contribution in [3.63, 3.8) is 0 Å². The molecule has 0 spiro atoms. The SMILES string of the molecule is COc1cc(=O)n2c(c1C(=O)Nc1cc(Cl)ccc1C)CCCC2. The lowest BCUT2D eigenvalue weighted by Gasteiger charge is -2.23. The van der Waals surface area contributed by atoms with Crippen molar-refractivity contribution in [1.82, 2.24) is 4.57 Å². The Hall–Kier alpha value is -2.27. The summed E-state index contributed by atoms with van der Waals surface area (Å²) in [5.74, 6) is 0.0215. The predicted molar refractivity (Wildman–Crippen MR) is 94.3 cm³/mol. The van der Waals surface area contributed by atoms with Crippen molar-refractivity contribution in [2.45, 2.75) is 32.7 Å². The molecule has 1 aromatic heterocycles. The first-order valence-corrected chi connectivity index (χ1v) is 8.27. The molecule has 126 valence electrons. The van der Waals surface area contributed by atoms with E-state index in [1.807, 2.05) is 13.0 Å². The number of fused-ring (bicyclic) bond motifs is 1. The topological polar surface area (TPSA) is 60.3 Å². The van der Waals surface area contributed by atoms with Gasteiger partial charge in [-0.15, -0.1) is 0 Å². The lowest BCUT2D eigenvalue weighted by atomic mass is 10.0. The molecule has 0 atom stereocenters. The monoisotopic (exact) mass is 346 g/mol. The number of carbonyl (C=O) groups excluding carboxylic acids is 1. The molecule has 2 heterocycles. The van der Waals surface area contributed by atoms with Crippen LogP contribution >= 0.6 is 11.6 Å². The van der Waals surface area contributed by atoms with Crippen LogP contribution in [0.2, 0.25) is 5.02 Å². The second kappa shape index (κ2) is 6.69. The van der Waals surface area contributed by atoms with Crippen molar-refractivity contribution in [3.8, 4) is 5.75 Å². The van der Waals surface area contributed by atoms with Crippen molar-refractivity contribution in [1.29, 1.82) is 0 Å². The quantitative estimate of drug-likeness (QED) is 0.926. The van der Waals surface area contributed by atoms with E-state index in [1.165, 1.54) is 13.2 Å². The first-order chi connectivity index (χ1) is 11.5. The van der Waals surface area contributed by atoms with Crippen molar-refractivity contribution < 1.29 is 9.53 Å². The Balaban J connectivity index is 2.06. The lowest BCUT2D eigenvalue weighted by molar-refractivity contribution is 0.102. The van der Waals surface area contributed by atoms with E-state index in [-0.39, 0.29) is 11.5 Å². The third-order valence-corrected chi connectivity index (χ3v) is 4.56. The number of rotatable bonds is 3. The summed E-state index contributed by atoms with van der Waals surface area (Å²) in [6.45, 7) is 2.53. The van der Waals surface area contributed by atoms with Crippen LogP contribution in [0.3, 0.4) is 0 Å². The van der Waals surface area contributed by atoms with Gasteiger partial charge in [0, 0.05) is 29.0 Å². The summed E-state index contributed by atoms with van der Waals surface area (Å²) < 4.78 is 6.98. The van der Waals surface area contributed by atoms with Gasteiger partial charge < -0.3 is 14.6 Å². The largest absolute Gasteiger partial charge is 0.496 e. The smallest absolute Gasteiger partial charge is 0.261 e. The Bertz CT molecular complexity index is 858. The molecule has 6 heteroatoms. The molecule has 0 fully saturated rings. The van der Waals surface area contributed by atoms with Crippen LogP contribution in [0.5, 0.6) is 5.75 Å². The number of pyridine rings is 1. The molecule has 1 aliphatic rings. The average Bonchev–Trinajstić information content (AvgIpc) is 2.58. The van der Waals surface area contributed by atoms with E-state index in [1.54, 1.807) is 16.7 Å². The van der Waals surface area contributed by atoms with Gasteiger partial charge in [0.1, 0.15) is 11.3 Å². The number of nitrogens with zero attached hydrogens (tertiary/aromatic N) is 1. The minimum atomic E-state index is -0.289. The molecule has 24 heavy (non-hydrogen) atoms. The van der Waals surface area contributed by atoms with E-state index in [4.69, 9.17) is 16.3 Å². The van der Waals surface area contributed by atoms with Crippen LogP contribution < -0.4 is 15.6 Å². The summed E-state index contributed by atoms with van der Waals surface area (Å²) in [7, 11) is 1.47. The molecule has 5 nitrogen and oxygen atoms in total. The highest BCUT2D eigenvalue weighted by molar-refractivity contribution is 6.31. The molecule has 0 unspecified atom stereocenters. The number of benzene rings is 1.